The lowest BCUT2D eigenvalue weighted by molar-refractivity contribution is -0.131. The maximum Gasteiger partial charge on any atom is 0.308 e. The van der Waals surface area contributed by atoms with Crippen molar-refractivity contribution in [2.24, 2.45) is 0 Å². The Morgan fingerprint density at radius 1 is 1.42 bits per heavy atom. The van der Waals surface area contributed by atoms with Gasteiger partial charge in [0, 0.05) is 12.7 Å². The summed E-state index contributed by atoms with van der Waals surface area (Å²) in [4.78, 5) is 10.5. The van der Waals surface area contributed by atoms with Crippen LogP contribution in [0.2, 0.25) is 0 Å². The normalized spacial score (nSPS) is 9.50. The topological polar surface area (TPSA) is 26.3 Å². The second-order valence-electron chi connectivity index (χ2n) is 2.38. The minimum atomic E-state index is -0.305. The maximum atomic E-state index is 10.5. The number of hydrogen-bond acceptors (Lipinski definition) is 2. The molecule has 0 unspecified atom stereocenters. The number of ether oxygens (including phenoxy) is 1. The standard InChI is InChI=1S/C9H9O2S/c1-7(10)11-9-4-2-8(6-12)3-5-9/h2-5H,6H2,1H3. The van der Waals surface area contributed by atoms with Gasteiger partial charge in [0.1, 0.15) is 5.75 Å². The number of carbonyl (C=O) groups excluding carboxylic acids is 1. The molecule has 0 N–H and O–H groups in total. The molecule has 1 aromatic rings. The summed E-state index contributed by atoms with van der Waals surface area (Å²) in [5, 5.41) is 0. The first-order chi connectivity index (χ1) is 5.72. The number of benzene rings is 1. The van der Waals surface area contributed by atoms with Crippen molar-refractivity contribution in [3.63, 3.8) is 0 Å². The zero-order chi connectivity index (χ0) is 8.97. The van der Waals surface area contributed by atoms with Crippen molar-refractivity contribution < 1.29 is 9.53 Å². The van der Waals surface area contributed by atoms with Gasteiger partial charge in [-0.1, -0.05) is 24.8 Å². The highest BCUT2D eigenvalue weighted by Gasteiger charge is 1.96. The van der Waals surface area contributed by atoms with E-state index in [1.54, 1.807) is 12.1 Å². The summed E-state index contributed by atoms with van der Waals surface area (Å²) in [7, 11) is 0. The summed E-state index contributed by atoms with van der Waals surface area (Å²) < 4.78 is 4.84. The number of esters is 1. The summed E-state index contributed by atoms with van der Waals surface area (Å²) in [5.41, 5.74) is 1.06. The second-order valence-corrected chi connectivity index (χ2v) is 2.67. The van der Waals surface area contributed by atoms with E-state index in [-0.39, 0.29) is 5.97 Å². The molecule has 1 aromatic carbocycles. The molecule has 2 nitrogen and oxygen atoms in total. The van der Waals surface area contributed by atoms with E-state index in [1.807, 2.05) is 12.1 Å². The van der Waals surface area contributed by atoms with Gasteiger partial charge < -0.3 is 4.74 Å². The van der Waals surface area contributed by atoms with E-state index in [4.69, 9.17) is 17.4 Å². The molecule has 3 heteroatoms. The Bertz CT molecular complexity index is 266. The van der Waals surface area contributed by atoms with Gasteiger partial charge >= 0.3 is 5.97 Å². The highest BCUT2D eigenvalue weighted by molar-refractivity contribution is 7.79. The van der Waals surface area contributed by atoms with Crippen LogP contribution < -0.4 is 4.74 Å². The predicted octanol–water partition coefficient (Wildman–Crippen LogP) is 2.31. The van der Waals surface area contributed by atoms with Crippen LogP contribution in [-0.4, -0.2) is 5.97 Å². The van der Waals surface area contributed by atoms with E-state index >= 15 is 0 Å². The van der Waals surface area contributed by atoms with Gasteiger partial charge in [-0.2, -0.15) is 0 Å². The van der Waals surface area contributed by atoms with Crippen LogP contribution in [0, 0.1) is 0 Å². The molecule has 63 valence electrons. The van der Waals surface area contributed by atoms with E-state index in [2.05, 4.69) is 0 Å². The van der Waals surface area contributed by atoms with E-state index in [0.717, 1.165) is 5.56 Å². The first-order valence-electron chi connectivity index (χ1n) is 3.58. The molecule has 1 rings (SSSR count). The molecule has 0 fully saturated rings. The molecule has 0 spiro atoms. The van der Waals surface area contributed by atoms with E-state index < -0.39 is 0 Å². The lowest BCUT2D eigenvalue weighted by Crippen LogP contribution is -2.00. The summed E-state index contributed by atoms with van der Waals surface area (Å²) in [5.74, 6) is 0.844. The van der Waals surface area contributed by atoms with Crippen molar-refractivity contribution in [1.29, 1.82) is 0 Å². The zero-order valence-electron chi connectivity index (χ0n) is 6.74. The highest BCUT2D eigenvalue weighted by atomic mass is 32.1. The van der Waals surface area contributed by atoms with Crippen LogP contribution in [0.1, 0.15) is 12.5 Å². The fourth-order valence-electron chi connectivity index (χ4n) is 0.820. The Labute approximate surface area is 77.0 Å². The van der Waals surface area contributed by atoms with Crippen molar-refractivity contribution in [2.45, 2.75) is 12.7 Å². The van der Waals surface area contributed by atoms with Gasteiger partial charge in [0.15, 0.2) is 0 Å². The lowest BCUT2D eigenvalue weighted by Gasteiger charge is -2.00. The fourth-order valence-corrected chi connectivity index (χ4v) is 1.01. The van der Waals surface area contributed by atoms with E-state index in [0.29, 0.717) is 11.5 Å². The zero-order valence-corrected chi connectivity index (χ0v) is 7.56. The van der Waals surface area contributed by atoms with Crippen LogP contribution in [0.3, 0.4) is 0 Å². The molecular formula is C9H9O2S. The number of hydrogen-bond donors (Lipinski definition) is 0. The van der Waals surface area contributed by atoms with Crippen LogP contribution in [0.4, 0.5) is 0 Å². The summed E-state index contributed by atoms with van der Waals surface area (Å²) in [6.07, 6.45) is 0. The third-order valence-corrected chi connectivity index (χ3v) is 1.68. The van der Waals surface area contributed by atoms with Crippen molar-refractivity contribution in [2.75, 3.05) is 0 Å². The summed E-state index contributed by atoms with van der Waals surface area (Å²) in [6, 6.07) is 7.18. The Morgan fingerprint density at radius 2 is 2.00 bits per heavy atom. The first kappa shape index (κ1) is 9.13. The molecule has 12 heavy (non-hydrogen) atoms. The van der Waals surface area contributed by atoms with Gasteiger partial charge in [-0.25, -0.2) is 0 Å². The Balaban J connectivity index is 2.71. The predicted molar refractivity (Wildman–Crippen MR) is 49.0 cm³/mol. The molecule has 0 saturated carbocycles. The second kappa shape index (κ2) is 4.16. The average Bonchev–Trinajstić information content (AvgIpc) is 2.05. The quantitative estimate of drug-likeness (QED) is 0.517. The monoisotopic (exact) mass is 181 g/mol. The molecular weight excluding hydrogens is 172 g/mol. The number of rotatable bonds is 2. The van der Waals surface area contributed by atoms with Gasteiger partial charge in [0.2, 0.25) is 0 Å². The van der Waals surface area contributed by atoms with Gasteiger partial charge in [-0.15, -0.1) is 0 Å². The van der Waals surface area contributed by atoms with Crippen LogP contribution >= 0.6 is 12.6 Å². The van der Waals surface area contributed by atoms with Crippen LogP contribution in [0.15, 0.2) is 24.3 Å². The molecule has 0 bridgehead atoms. The molecule has 0 aromatic heterocycles. The third-order valence-electron chi connectivity index (χ3n) is 1.35. The van der Waals surface area contributed by atoms with Gasteiger partial charge in [0.05, 0.1) is 0 Å². The minimum Gasteiger partial charge on any atom is -0.427 e. The number of carbonyl (C=O) groups is 1. The van der Waals surface area contributed by atoms with E-state index in [9.17, 15) is 4.79 Å². The average molecular weight is 181 g/mol. The smallest absolute Gasteiger partial charge is 0.308 e. The van der Waals surface area contributed by atoms with Crippen LogP contribution in [-0.2, 0) is 10.5 Å². The molecule has 1 radical (unpaired) electrons. The first-order valence-corrected chi connectivity index (χ1v) is 4.15. The third kappa shape index (κ3) is 2.58. The summed E-state index contributed by atoms with van der Waals surface area (Å²) in [6.45, 7) is 1.38. The Hall–Kier alpha value is -0.960. The van der Waals surface area contributed by atoms with Gasteiger partial charge in [0.25, 0.3) is 0 Å². The Morgan fingerprint density at radius 3 is 2.42 bits per heavy atom. The minimum absolute atomic E-state index is 0.305. The lowest BCUT2D eigenvalue weighted by atomic mass is 10.2. The highest BCUT2D eigenvalue weighted by Crippen LogP contribution is 2.13. The molecule has 0 atom stereocenters. The van der Waals surface area contributed by atoms with Crippen LogP contribution in [0.25, 0.3) is 0 Å². The largest absolute Gasteiger partial charge is 0.427 e. The van der Waals surface area contributed by atoms with Crippen molar-refractivity contribution in [3.8, 4) is 5.75 Å². The van der Waals surface area contributed by atoms with Crippen molar-refractivity contribution >= 4 is 18.6 Å². The molecule has 0 saturated heterocycles. The SMILES string of the molecule is CC(=O)Oc1ccc(C[S])cc1. The van der Waals surface area contributed by atoms with E-state index in [1.165, 1.54) is 6.92 Å². The fraction of sp³-hybridized carbons (Fsp3) is 0.222. The van der Waals surface area contributed by atoms with Gasteiger partial charge in [-0.3, -0.25) is 4.79 Å². The van der Waals surface area contributed by atoms with Crippen LogP contribution in [0.5, 0.6) is 5.75 Å². The van der Waals surface area contributed by atoms with Crippen molar-refractivity contribution in [1.82, 2.24) is 0 Å². The summed E-state index contributed by atoms with van der Waals surface area (Å²) >= 11 is 4.84. The molecule has 0 heterocycles. The van der Waals surface area contributed by atoms with Gasteiger partial charge in [-0.05, 0) is 17.7 Å². The maximum absolute atomic E-state index is 10.5. The molecule has 0 aliphatic rings. The van der Waals surface area contributed by atoms with Crippen molar-refractivity contribution in [3.05, 3.63) is 29.8 Å². The Kier molecular flexibility index (Phi) is 3.17. The molecule has 0 aliphatic carbocycles. The molecule has 0 amide bonds. The molecule has 0 aliphatic heterocycles.